The van der Waals surface area contributed by atoms with Gasteiger partial charge in [-0.1, -0.05) is 32.0 Å². The Bertz CT molecular complexity index is 1050. The van der Waals surface area contributed by atoms with E-state index >= 15 is 0 Å². The summed E-state index contributed by atoms with van der Waals surface area (Å²) in [5.74, 6) is 0. The summed E-state index contributed by atoms with van der Waals surface area (Å²) in [6, 6.07) is 13.1. The number of hydrogen-bond donors (Lipinski definition) is 1. The van der Waals surface area contributed by atoms with E-state index in [-0.39, 0.29) is 0 Å². The van der Waals surface area contributed by atoms with Gasteiger partial charge in [0, 0.05) is 29.7 Å². The maximum atomic E-state index is 12.6. The first kappa shape index (κ1) is 20.5. The van der Waals surface area contributed by atoms with Crippen LogP contribution >= 0.6 is 11.3 Å². The minimum absolute atomic E-state index is 0.309. The zero-order valence-corrected chi connectivity index (χ0v) is 18.2. The molecule has 0 spiro atoms. The van der Waals surface area contributed by atoms with Crippen LogP contribution in [0.1, 0.15) is 25.0 Å². The van der Waals surface area contributed by atoms with Crippen LogP contribution in [0.15, 0.2) is 52.7 Å². The Hall–Kier alpha value is -2.22. The van der Waals surface area contributed by atoms with Crippen molar-refractivity contribution in [1.29, 1.82) is 0 Å². The van der Waals surface area contributed by atoms with Crippen molar-refractivity contribution >= 4 is 32.2 Å². The first-order valence-corrected chi connectivity index (χ1v) is 11.6. The van der Waals surface area contributed by atoms with Gasteiger partial charge in [-0.25, -0.2) is 13.4 Å². The predicted octanol–water partition coefficient (Wildman–Crippen LogP) is 5.20. The molecule has 2 aromatic carbocycles. The number of aromatic nitrogens is 1. The highest BCUT2D eigenvalue weighted by Gasteiger charge is 2.21. The molecule has 1 N–H and O–H groups in total. The van der Waals surface area contributed by atoms with Crippen LogP contribution in [0.4, 0.5) is 10.8 Å². The van der Waals surface area contributed by atoms with Gasteiger partial charge in [0.25, 0.3) is 0 Å². The summed E-state index contributed by atoms with van der Waals surface area (Å²) in [5.41, 5.74) is 5.20. The third-order valence-electron chi connectivity index (χ3n) is 4.76. The van der Waals surface area contributed by atoms with Gasteiger partial charge < -0.3 is 5.32 Å². The van der Waals surface area contributed by atoms with E-state index in [4.69, 9.17) is 0 Å². The van der Waals surface area contributed by atoms with Crippen LogP contribution in [0.3, 0.4) is 0 Å². The van der Waals surface area contributed by atoms with Gasteiger partial charge in [-0.3, -0.25) is 0 Å². The molecule has 0 saturated heterocycles. The van der Waals surface area contributed by atoms with E-state index in [1.807, 2.05) is 37.4 Å². The molecule has 28 heavy (non-hydrogen) atoms. The zero-order valence-electron chi connectivity index (χ0n) is 16.6. The highest BCUT2D eigenvalue weighted by atomic mass is 32.2. The van der Waals surface area contributed by atoms with Crippen LogP contribution in [0.2, 0.25) is 0 Å². The van der Waals surface area contributed by atoms with Crippen molar-refractivity contribution < 1.29 is 8.42 Å². The van der Waals surface area contributed by atoms with E-state index in [1.54, 1.807) is 12.1 Å². The van der Waals surface area contributed by atoms with Gasteiger partial charge in [0.05, 0.1) is 10.6 Å². The molecular weight excluding hydrogens is 390 g/mol. The fourth-order valence-electron chi connectivity index (χ4n) is 2.92. The number of rotatable bonds is 7. The SMILES string of the molecule is CCN(CC)S(=O)(=O)c1ccc(-c2csc(Nc3ccc(C)c(C)c3)n2)cc1. The molecule has 0 radical (unpaired) electrons. The van der Waals surface area contributed by atoms with Crippen LogP contribution in [-0.2, 0) is 10.0 Å². The molecule has 7 heteroatoms. The number of sulfonamides is 1. The van der Waals surface area contributed by atoms with Crippen molar-refractivity contribution in [1.82, 2.24) is 9.29 Å². The third-order valence-corrected chi connectivity index (χ3v) is 7.58. The summed E-state index contributed by atoms with van der Waals surface area (Å²) in [7, 11) is -3.44. The van der Waals surface area contributed by atoms with Crippen LogP contribution in [0.25, 0.3) is 11.3 Å². The number of benzene rings is 2. The van der Waals surface area contributed by atoms with Gasteiger partial charge in [-0.05, 0) is 49.2 Å². The standard InChI is InChI=1S/C21H25N3O2S2/c1-5-24(6-2)28(25,26)19-11-8-17(9-12-19)20-14-27-21(23-20)22-18-10-7-15(3)16(4)13-18/h7-14H,5-6H2,1-4H3,(H,22,23). The second-order valence-corrected chi connectivity index (χ2v) is 9.37. The van der Waals surface area contributed by atoms with E-state index in [9.17, 15) is 8.42 Å². The molecule has 0 aliphatic rings. The normalized spacial score (nSPS) is 11.8. The molecule has 1 aromatic heterocycles. The second-order valence-electron chi connectivity index (χ2n) is 6.58. The molecular formula is C21H25N3O2S2. The molecule has 0 atom stereocenters. The molecule has 1 heterocycles. The summed E-state index contributed by atoms with van der Waals surface area (Å²) < 4.78 is 26.7. The lowest BCUT2D eigenvalue weighted by molar-refractivity contribution is 0.445. The van der Waals surface area contributed by atoms with Gasteiger partial charge in [0.15, 0.2) is 5.13 Å². The summed E-state index contributed by atoms with van der Waals surface area (Å²) in [5, 5.41) is 6.11. The number of aryl methyl sites for hydroxylation is 2. The lowest BCUT2D eigenvalue weighted by atomic mass is 10.1. The average Bonchev–Trinajstić information content (AvgIpc) is 3.14. The van der Waals surface area contributed by atoms with Crippen LogP contribution in [0.5, 0.6) is 0 Å². The number of hydrogen-bond acceptors (Lipinski definition) is 5. The Morgan fingerprint density at radius 2 is 1.68 bits per heavy atom. The number of nitrogens with one attached hydrogen (secondary N) is 1. The fourth-order valence-corrected chi connectivity index (χ4v) is 5.11. The highest BCUT2D eigenvalue weighted by molar-refractivity contribution is 7.89. The topological polar surface area (TPSA) is 62.3 Å². The first-order valence-electron chi connectivity index (χ1n) is 9.25. The predicted molar refractivity (Wildman–Crippen MR) is 117 cm³/mol. The summed E-state index contributed by atoms with van der Waals surface area (Å²) in [4.78, 5) is 4.94. The molecule has 3 rings (SSSR count). The molecule has 0 amide bonds. The van der Waals surface area contributed by atoms with Crippen molar-refractivity contribution in [3.63, 3.8) is 0 Å². The summed E-state index contributed by atoms with van der Waals surface area (Å²) >= 11 is 1.52. The molecule has 0 aliphatic heterocycles. The quantitative estimate of drug-likeness (QED) is 0.576. The summed E-state index contributed by atoms with van der Waals surface area (Å²) in [6.45, 7) is 8.77. The van der Waals surface area contributed by atoms with Crippen molar-refractivity contribution in [2.75, 3.05) is 18.4 Å². The maximum absolute atomic E-state index is 12.6. The van der Waals surface area contributed by atoms with E-state index in [0.29, 0.717) is 18.0 Å². The minimum atomic E-state index is -3.44. The van der Waals surface area contributed by atoms with Crippen LogP contribution in [0, 0.1) is 13.8 Å². The van der Waals surface area contributed by atoms with Crippen LogP contribution < -0.4 is 5.32 Å². The van der Waals surface area contributed by atoms with E-state index < -0.39 is 10.0 Å². The first-order chi connectivity index (χ1) is 13.3. The Morgan fingerprint density at radius 3 is 2.29 bits per heavy atom. The highest BCUT2D eigenvalue weighted by Crippen LogP contribution is 2.29. The lowest BCUT2D eigenvalue weighted by Gasteiger charge is -2.18. The smallest absolute Gasteiger partial charge is 0.243 e. The molecule has 148 valence electrons. The Kier molecular flexibility index (Phi) is 6.17. The maximum Gasteiger partial charge on any atom is 0.243 e. The van der Waals surface area contributed by atoms with Gasteiger partial charge in [0.2, 0.25) is 10.0 Å². The molecule has 0 unspecified atom stereocenters. The van der Waals surface area contributed by atoms with Crippen molar-refractivity contribution in [3.05, 3.63) is 59.0 Å². The molecule has 3 aromatic rings. The van der Waals surface area contributed by atoms with E-state index in [1.165, 1.54) is 26.8 Å². The Morgan fingerprint density at radius 1 is 1.00 bits per heavy atom. The van der Waals surface area contributed by atoms with Gasteiger partial charge >= 0.3 is 0 Å². The monoisotopic (exact) mass is 415 g/mol. The van der Waals surface area contributed by atoms with Crippen molar-refractivity contribution in [3.8, 4) is 11.3 Å². The average molecular weight is 416 g/mol. The fraction of sp³-hybridized carbons (Fsp3) is 0.286. The number of thiazole rings is 1. The van der Waals surface area contributed by atoms with Gasteiger partial charge in [0.1, 0.15) is 0 Å². The lowest BCUT2D eigenvalue weighted by Crippen LogP contribution is -2.30. The van der Waals surface area contributed by atoms with Crippen molar-refractivity contribution in [2.45, 2.75) is 32.6 Å². The van der Waals surface area contributed by atoms with Gasteiger partial charge in [-0.2, -0.15) is 4.31 Å². The Balaban J connectivity index is 1.79. The largest absolute Gasteiger partial charge is 0.332 e. The van der Waals surface area contributed by atoms with Crippen molar-refractivity contribution in [2.24, 2.45) is 0 Å². The third kappa shape index (κ3) is 4.27. The zero-order chi connectivity index (χ0) is 20.3. The van der Waals surface area contributed by atoms with E-state index in [0.717, 1.165) is 22.1 Å². The summed E-state index contributed by atoms with van der Waals surface area (Å²) in [6.07, 6.45) is 0. The Labute approximate surface area is 171 Å². The number of anilines is 2. The number of nitrogens with zero attached hydrogens (tertiary/aromatic N) is 2. The minimum Gasteiger partial charge on any atom is -0.332 e. The van der Waals surface area contributed by atoms with E-state index in [2.05, 4.69) is 36.3 Å². The van der Waals surface area contributed by atoms with Crippen LogP contribution in [-0.4, -0.2) is 30.8 Å². The molecule has 5 nitrogen and oxygen atoms in total. The second kappa shape index (κ2) is 8.43. The van der Waals surface area contributed by atoms with Gasteiger partial charge in [-0.15, -0.1) is 11.3 Å². The molecule has 0 fully saturated rings. The molecule has 0 aliphatic carbocycles. The molecule has 0 saturated carbocycles. The molecule has 0 bridgehead atoms.